The fourth-order valence-electron chi connectivity index (χ4n) is 3.09. The third kappa shape index (κ3) is 4.13. The molecule has 0 spiro atoms. The van der Waals surface area contributed by atoms with Crippen LogP contribution in [0.2, 0.25) is 0 Å². The molecule has 1 saturated carbocycles. The largest absolute Gasteiger partial charge is 0.338 e. The summed E-state index contributed by atoms with van der Waals surface area (Å²) in [6, 6.07) is 0. The van der Waals surface area contributed by atoms with E-state index in [1.165, 1.54) is 44.5 Å². The molecule has 1 fully saturated rings. The van der Waals surface area contributed by atoms with Crippen molar-refractivity contribution in [2.24, 2.45) is 18.9 Å². The van der Waals surface area contributed by atoms with Crippen molar-refractivity contribution in [1.29, 1.82) is 0 Å². The molecule has 0 saturated heterocycles. The van der Waals surface area contributed by atoms with Crippen LogP contribution in [0.15, 0.2) is 12.4 Å². The smallest absolute Gasteiger partial charge is 0.109 e. The Morgan fingerprint density at radius 2 is 2.28 bits per heavy atom. The number of nitrogens with zero attached hydrogens (tertiary/aromatic N) is 2. The number of aromatic nitrogens is 2. The molecule has 102 valence electrons. The lowest BCUT2D eigenvalue weighted by molar-refractivity contribution is 0.268. The van der Waals surface area contributed by atoms with Crippen LogP contribution in [0, 0.1) is 11.8 Å². The average Bonchev–Trinajstić information content (AvgIpc) is 2.75. The summed E-state index contributed by atoms with van der Waals surface area (Å²) in [5, 5.41) is 3.56. The molecule has 2 atom stereocenters. The lowest BCUT2D eigenvalue weighted by Gasteiger charge is -2.26. The van der Waals surface area contributed by atoms with Gasteiger partial charge in [0, 0.05) is 32.4 Å². The maximum Gasteiger partial charge on any atom is 0.109 e. The third-order valence-corrected chi connectivity index (χ3v) is 4.22. The Hall–Kier alpha value is -0.830. The molecule has 0 radical (unpaired) electrons. The van der Waals surface area contributed by atoms with Crippen LogP contribution in [-0.2, 0) is 13.5 Å². The second-order valence-corrected chi connectivity index (χ2v) is 5.88. The zero-order valence-corrected chi connectivity index (χ0v) is 11.9. The standard InChI is InChI=1S/C15H27N3/c1-13-4-3-5-14(12-13)6-8-16-9-7-15-17-10-11-18(15)2/h10-11,13-14,16H,3-9,12H2,1-2H3. The summed E-state index contributed by atoms with van der Waals surface area (Å²) in [5.74, 6) is 3.10. The molecule has 0 aromatic carbocycles. The molecule has 1 aliphatic rings. The minimum Gasteiger partial charge on any atom is -0.338 e. The fraction of sp³-hybridized carbons (Fsp3) is 0.800. The van der Waals surface area contributed by atoms with Crippen LogP contribution in [0.25, 0.3) is 0 Å². The first-order valence-corrected chi connectivity index (χ1v) is 7.42. The molecular weight excluding hydrogens is 222 g/mol. The molecule has 0 bridgehead atoms. The van der Waals surface area contributed by atoms with E-state index in [2.05, 4.69) is 28.8 Å². The highest BCUT2D eigenvalue weighted by Crippen LogP contribution is 2.30. The molecule has 2 rings (SSSR count). The van der Waals surface area contributed by atoms with Gasteiger partial charge in [-0.2, -0.15) is 0 Å². The van der Waals surface area contributed by atoms with Gasteiger partial charge in [-0.25, -0.2) is 4.98 Å². The van der Waals surface area contributed by atoms with Gasteiger partial charge in [0.2, 0.25) is 0 Å². The van der Waals surface area contributed by atoms with E-state index in [0.717, 1.165) is 24.8 Å². The Bertz CT molecular complexity index is 345. The van der Waals surface area contributed by atoms with Gasteiger partial charge in [-0.1, -0.05) is 26.2 Å². The molecule has 3 nitrogen and oxygen atoms in total. The number of imidazole rings is 1. The molecule has 1 heterocycles. The first-order valence-electron chi connectivity index (χ1n) is 7.42. The van der Waals surface area contributed by atoms with Crippen LogP contribution in [-0.4, -0.2) is 22.6 Å². The average molecular weight is 249 g/mol. The molecule has 1 aromatic heterocycles. The Morgan fingerprint density at radius 1 is 1.39 bits per heavy atom. The van der Waals surface area contributed by atoms with Crippen LogP contribution in [0.1, 0.15) is 44.9 Å². The molecular formula is C15H27N3. The Kier molecular flexibility index (Phi) is 5.24. The van der Waals surface area contributed by atoms with Crippen LogP contribution in [0.4, 0.5) is 0 Å². The molecule has 0 aliphatic heterocycles. The van der Waals surface area contributed by atoms with Crippen LogP contribution in [0.5, 0.6) is 0 Å². The summed E-state index contributed by atoms with van der Waals surface area (Å²) in [5.41, 5.74) is 0. The number of aryl methyl sites for hydroxylation is 1. The number of hydrogen-bond donors (Lipinski definition) is 1. The van der Waals surface area contributed by atoms with Gasteiger partial charge in [0.1, 0.15) is 5.82 Å². The maximum absolute atomic E-state index is 4.34. The van der Waals surface area contributed by atoms with Crippen molar-refractivity contribution < 1.29 is 0 Å². The van der Waals surface area contributed by atoms with Crippen molar-refractivity contribution >= 4 is 0 Å². The van der Waals surface area contributed by atoms with Gasteiger partial charge in [0.05, 0.1) is 0 Å². The van der Waals surface area contributed by atoms with E-state index in [1.54, 1.807) is 0 Å². The van der Waals surface area contributed by atoms with E-state index in [1.807, 2.05) is 12.4 Å². The summed E-state index contributed by atoms with van der Waals surface area (Å²) in [6.07, 6.45) is 12.1. The number of nitrogens with one attached hydrogen (secondary N) is 1. The highest BCUT2D eigenvalue weighted by Gasteiger charge is 2.17. The van der Waals surface area contributed by atoms with Crippen molar-refractivity contribution in [2.75, 3.05) is 13.1 Å². The van der Waals surface area contributed by atoms with Gasteiger partial charge in [0.25, 0.3) is 0 Å². The topological polar surface area (TPSA) is 29.9 Å². The second kappa shape index (κ2) is 6.93. The van der Waals surface area contributed by atoms with Crippen molar-refractivity contribution in [3.63, 3.8) is 0 Å². The van der Waals surface area contributed by atoms with E-state index in [0.29, 0.717) is 0 Å². The minimum atomic E-state index is 0.955. The van der Waals surface area contributed by atoms with Crippen molar-refractivity contribution in [3.8, 4) is 0 Å². The van der Waals surface area contributed by atoms with Crippen molar-refractivity contribution in [2.45, 2.75) is 45.4 Å². The number of hydrogen-bond acceptors (Lipinski definition) is 2. The predicted octanol–water partition coefficient (Wildman–Crippen LogP) is 2.77. The first kappa shape index (κ1) is 13.6. The van der Waals surface area contributed by atoms with Crippen molar-refractivity contribution in [3.05, 3.63) is 18.2 Å². The Balaban J connectivity index is 1.55. The monoisotopic (exact) mass is 249 g/mol. The lowest BCUT2D eigenvalue weighted by atomic mass is 9.81. The van der Waals surface area contributed by atoms with Gasteiger partial charge in [-0.15, -0.1) is 0 Å². The first-order chi connectivity index (χ1) is 8.75. The zero-order valence-electron chi connectivity index (χ0n) is 11.9. The van der Waals surface area contributed by atoms with E-state index < -0.39 is 0 Å². The number of rotatable bonds is 6. The summed E-state index contributed by atoms with van der Waals surface area (Å²) in [4.78, 5) is 4.34. The molecule has 18 heavy (non-hydrogen) atoms. The van der Waals surface area contributed by atoms with E-state index >= 15 is 0 Å². The highest BCUT2D eigenvalue weighted by atomic mass is 15.0. The molecule has 2 unspecified atom stereocenters. The highest BCUT2D eigenvalue weighted by molar-refractivity contribution is 4.91. The second-order valence-electron chi connectivity index (χ2n) is 5.88. The van der Waals surface area contributed by atoms with Gasteiger partial charge < -0.3 is 9.88 Å². The molecule has 0 amide bonds. The normalized spacial score (nSPS) is 24.3. The van der Waals surface area contributed by atoms with Crippen LogP contribution < -0.4 is 5.32 Å². The predicted molar refractivity (Wildman–Crippen MR) is 75.5 cm³/mol. The van der Waals surface area contributed by atoms with Crippen LogP contribution >= 0.6 is 0 Å². The SMILES string of the molecule is CC1CCCC(CCNCCc2nccn2C)C1. The minimum absolute atomic E-state index is 0.955. The van der Waals surface area contributed by atoms with Gasteiger partial charge >= 0.3 is 0 Å². The lowest BCUT2D eigenvalue weighted by Crippen LogP contribution is -2.23. The van der Waals surface area contributed by atoms with E-state index in [9.17, 15) is 0 Å². The fourth-order valence-corrected chi connectivity index (χ4v) is 3.09. The Labute approximate surface area is 111 Å². The van der Waals surface area contributed by atoms with Crippen molar-refractivity contribution in [1.82, 2.24) is 14.9 Å². The summed E-state index contributed by atoms with van der Waals surface area (Å²) in [7, 11) is 2.06. The molecule has 3 heteroatoms. The summed E-state index contributed by atoms with van der Waals surface area (Å²) >= 11 is 0. The van der Waals surface area contributed by atoms with Gasteiger partial charge in [-0.3, -0.25) is 0 Å². The quantitative estimate of drug-likeness (QED) is 0.786. The van der Waals surface area contributed by atoms with E-state index in [4.69, 9.17) is 0 Å². The van der Waals surface area contributed by atoms with Crippen LogP contribution in [0.3, 0.4) is 0 Å². The molecule has 1 N–H and O–H groups in total. The third-order valence-electron chi connectivity index (χ3n) is 4.22. The Morgan fingerprint density at radius 3 is 3.00 bits per heavy atom. The van der Waals surface area contributed by atoms with Gasteiger partial charge in [0.15, 0.2) is 0 Å². The maximum atomic E-state index is 4.34. The summed E-state index contributed by atoms with van der Waals surface area (Å²) < 4.78 is 2.10. The van der Waals surface area contributed by atoms with Gasteiger partial charge in [-0.05, 0) is 31.2 Å². The zero-order chi connectivity index (χ0) is 12.8. The molecule has 1 aliphatic carbocycles. The molecule has 1 aromatic rings. The summed E-state index contributed by atoms with van der Waals surface area (Å²) in [6.45, 7) is 4.62. The van der Waals surface area contributed by atoms with E-state index in [-0.39, 0.29) is 0 Å².